The number of carbonyl (C=O) groups excluding carboxylic acids is 1. The Morgan fingerprint density at radius 1 is 1.18 bits per heavy atom. The summed E-state index contributed by atoms with van der Waals surface area (Å²) in [5.74, 6) is 0.0205. The molecule has 0 saturated heterocycles. The van der Waals surface area contributed by atoms with E-state index in [1.54, 1.807) is 0 Å². The molecule has 0 saturated carbocycles. The van der Waals surface area contributed by atoms with Crippen LogP contribution in [0.4, 0.5) is 5.69 Å². The predicted molar refractivity (Wildman–Crippen MR) is 101 cm³/mol. The van der Waals surface area contributed by atoms with Gasteiger partial charge in [-0.15, -0.1) is 0 Å². The minimum Gasteiger partial charge on any atom is -0.452 e. The summed E-state index contributed by atoms with van der Waals surface area (Å²) in [4.78, 5) is 26.1. The standard InChI is InChI=1S/C20H17N3O5/c1-2-14-3-8-16(9-4-14)20-21-18(28-22-20)13-27-19(24)12-7-15-5-10-17(11-6-15)23(25)26/h3-12H,2,13H2,1H3/b12-7+. The molecule has 142 valence electrons. The van der Waals surface area contributed by atoms with Crippen molar-refractivity contribution in [1.82, 2.24) is 10.1 Å². The molecule has 0 fully saturated rings. The fourth-order valence-corrected chi connectivity index (χ4v) is 2.37. The summed E-state index contributed by atoms with van der Waals surface area (Å²) in [5, 5.41) is 14.5. The van der Waals surface area contributed by atoms with Gasteiger partial charge in [-0.05, 0) is 35.8 Å². The number of aromatic nitrogens is 2. The van der Waals surface area contributed by atoms with E-state index in [0.29, 0.717) is 11.4 Å². The molecular weight excluding hydrogens is 362 g/mol. The highest BCUT2D eigenvalue weighted by molar-refractivity contribution is 5.87. The topological polar surface area (TPSA) is 108 Å². The predicted octanol–water partition coefficient (Wildman–Crippen LogP) is 3.96. The van der Waals surface area contributed by atoms with Gasteiger partial charge in [-0.25, -0.2) is 4.79 Å². The fraction of sp³-hybridized carbons (Fsp3) is 0.150. The van der Waals surface area contributed by atoms with Gasteiger partial charge < -0.3 is 9.26 Å². The number of non-ortho nitro benzene ring substituents is 1. The molecule has 8 nitrogen and oxygen atoms in total. The number of rotatable bonds is 7. The lowest BCUT2D eigenvalue weighted by Gasteiger charge is -1.98. The first kappa shape index (κ1) is 19.0. The Morgan fingerprint density at radius 2 is 1.89 bits per heavy atom. The van der Waals surface area contributed by atoms with Gasteiger partial charge in [-0.3, -0.25) is 10.1 Å². The second-order valence-corrected chi connectivity index (χ2v) is 5.85. The maximum atomic E-state index is 11.8. The third-order valence-corrected chi connectivity index (χ3v) is 3.94. The number of benzene rings is 2. The van der Waals surface area contributed by atoms with Crippen molar-refractivity contribution in [3.05, 3.63) is 81.7 Å². The van der Waals surface area contributed by atoms with Crippen LogP contribution in [0.3, 0.4) is 0 Å². The Hall–Kier alpha value is -3.81. The van der Waals surface area contributed by atoms with Gasteiger partial charge in [0.2, 0.25) is 5.82 Å². The summed E-state index contributed by atoms with van der Waals surface area (Å²) in [5.41, 5.74) is 2.65. The molecule has 0 N–H and O–H groups in total. The van der Waals surface area contributed by atoms with Crippen LogP contribution < -0.4 is 0 Å². The van der Waals surface area contributed by atoms with Crippen molar-refractivity contribution in [3.63, 3.8) is 0 Å². The van der Waals surface area contributed by atoms with Crippen molar-refractivity contribution in [2.24, 2.45) is 0 Å². The average Bonchev–Trinajstić information content (AvgIpc) is 3.20. The highest BCUT2D eigenvalue weighted by Gasteiger charge is 2.10. The summed E-state index contributed by atoms with van der Waals surface area (Å²) in [6.07, 6.45) is 3.67. The van der Waals surface area contributed by atoms with Crippen LogP contribution in [0.25, 0.3) is 17.5 Å². The molecule has 1 heterocycles. The number of carbonyl (C=O) groups is 1. The van der Waals surface area contributed by atoms with E-state index in [9.17, 15) is 14.9 Å². The van der Waals surface area contributed by atoms with Crippen LogP contribution in [0.5, 0.6) is 0 Å². The Bertz CT molecular complexity index is 991. The number of hydrogen-bond donors (Lipinski definition) is 0. The third-order valence-electron chi connectivity index (χ3n) is 3.94. The quantitative estimate of drug-likeness (QED) is 0.264. The normalized spacial score (nSPS) is 10.9. The van der Waals surface area contributed by atoms with E-state index in [1.807, 2.05) is 24.3 Å². The van der Waals surface area contributed by atoms with E-state index in [0.717, 1.165) is 12.0 Å². The third kappa shape index (κ3) is 4.88. The van der Waals surface area contributed by atoms with Crippen LogP contribution in [0.2, 0.25) is 0 Å². The maximum absolute atomic E-state index is 11.8. The van der Waals surface area contributed by atoms with Gasteiger partial charge in [0.15, 0.2) is 6.61 Å². The number of hydrogen-bond acceptors (Lipinski definition) is 7. The molecule has 28 heavy (non-hydrogen) atoms. The smallest absolute Gasteiger partial charge is 0.331 e. The van der Waals surface area contributed by atoms with E-state index >= 15 is 0 Å². The van der Waals surface area contributed by atoms with Crippen LogP contribution in [-0.2, 0) is 22.6 Å². The highest BCUT2D eigenvalue weighted by atomic mass is 16.6. The molecule has 0 spiro atoms. The summed E-state index contributed by atoms with van der Waals surface area (Å²) in [6.45, 7) is 1.93. The number of nitro groups is 1. The summed E-state index contributed by atoms with van der Waals surface area (Å²) in [6, 6.07) is 13.6. The molecule has 0 aliphatic carbocycles. The number of aryl methyl sites for hydroxylation is 1. The van der Waals surface area contributed by atoms with Gasteiger partial charge in [0.1, 0.15) is 0 Å². The largest absolute Gasteiger partial charge is 0.452 e. The molecule has 0 amide bonds. The minimum absolute atomic E-state index is 0.0174. The van der Waals surface area contributed by atoms with E-state index in [4.69, 9.17) is 9.26 Å². The van der Waals surface area contributed by atoms with E-state index < -0.39 is 10.9 Å². The van der Waals surface area contributed by atoms with Gasteiger partial charge in [-0.2, -0.15) is 4.98 Å². The lowest BCUT2D eigenvalue weighted by molar-refractivity contribution is -0.384. The molecule has 0 bridgehead atoms. The van der Waals surface area contributed by atoms with Gasteiger partial charge in [0, 0.05) is 23.8 Å². The Balaban J connectivity index is 1.54. The zero-order chi connectivity index (χ0) is 19.9. The number of nitrogens with zero attached hydrogens (tertiary/aromatic N) is 3. The van der Waals surface area contributed by atoms with Crippen molar-refractivity contribution in [2.75, 3.05) is 0 Å². The SMILES string of the molecule is CCc1ccc(-c2noc(COC(=O)/C=C/c3ccc([N+](=O)[O-])cc3)n2)cc1. The van der Waals surface area contributed by atoms with Gasteiger partial charge in [-0.1, -0.05) is 36.3 Å². The van der Waals surface area contributed by atoms with Gasteiger partial charge in [0.05, 0.1) is 4.92 Å². The first-order valence-corrected chi connectivity index (χ1v) is 8.56. The minimum atomic E-state index is -0.592. The molecule has 3 rings (SSSR count). The van der Waals surface area contributed by atoms with Crippen LogP contribution >= 0.6 is 0 Å². The fourth-order valence-electron chi connectivity index (χ4n) is 2.37. The van der Waals surface area contributed by atoms with Crippen LogP contribution in [0.1, 0.15) is 23.9 Å². The second-order valence-electron chi connectivity index (χ2n) is 5.85. The second kappa shape index (κ2) is 8.72. The molecule has 0 unspecified atom stereocenters. The van der Waals surface area contributed by atoms with Crippen molar-refractivity contribution in [3.8, 4) is 11.4 Å². The molecule has 0 radical (unpaired) electrons. The lowest BCUT2D eigenvalue weighted by atomic mass is 10.1. The van der Waals surface area contributed by atoms with Crippen LogP contribution in [-0.4, -0.2) is 21.0 Å². The van der Waals surface area contributed by atoms with Crippen molar-refractivity contribution < 1.29 is 19.0 Å². The van der Waals surface area contributed by atoms with Gasteiger partial charge >= 0.3 is 5.97 Å². The van der Waals surface area contributed by atoms with E-state index in [-0.39, 0.29) is 18.2 Å². The first-order chi connectivity index (χ1) is 13.5. The summed E-state index contributed by atoms with van der Waals surface area (Å²) in [7, 11) is 0. The van der Waals surface area contributed by atoms with Crippen LogP contribution in [0.15, 0.2) is 59.1 Å². The Kier molecular flexibility index (Phi) is 5.91. The zero-order valence-corrected chi connectivity index (χ0v) is 15.1. The lowest BCUT2D eigenvalue weighted by Crippen LogP contribution is -2.01. The van der Waals surface area contributed by atoms with Gasteiger partial charge in [0.25, 0.3) is 11.6 Å². The van der Waals surface area contributed by atoms with E-state index in [2.05, 4.69) is 17.1 Å². The summed E-state index contributed by atoms with van der Waals surface area (Å²) >= 11 is 0. The summed E-state index contributed by atoms with van der Waals surface area (Å²) < 4.78 is 10.2. The Labute approximate surface area is 160 Å². The molecule has 2 aromatic carbocycles. The first-order valence-electron chi connectivity index (χ1n) is 8.56. The molecule has 0 atom stereocenters. The molecular formula is C20H17N3O5. The van der Waals surface area contributed by atoms with E-state index in [1.165, 1.54) is 42.0 Å². The zero-order valence-electron chi connectivity index (χ0n) is 15.1. The van der Waals surface area contributed by atoms with Crippen LogP contribution in [0, 0.1) is 10.1 Å². The maximum Gasteiger partial charge on any atom is 0.331 e. The molecule has 8 heteroatoms. The average molecular weight is 379 g/mol. The Morgan fingerprint density at radius 3 is 2.54 bits per heavy atom. The number of ether oxygens (including phenoxy) is 1. The molecule has 0 aliphatic heterocycles. The molecule has 1 aromatic heterocycles. The van der Waals surface area contributed by atoms with Crippen molar-refractivity contribution in [2.45, 2.75) is 20.0 Å². The van der Waals surface area contributed by atoms with Crippen molar-refractivity contribution >= 4 is 17.7 Å². The monoisotopic (exact) mass is 379 g/mol. The number of nitro benzene ring substituents is 1. The molecule has 0 aliphatic rings. The number of esters is 1. The highest BCUT2D eigenvalue weighted by Crippen LogP contribution is 2.17. The van der Waals surface area contributed by atoms with Crippen molar-refractivity contribution in [1.29, 1.82) is 0 Å². The molecule has 3 aromatic rings.